The van der Waals surface area contributed by atoms with Crippen LogP contribution in [0, 0.1) is 0 Å². The number of benzene rings is 1. The molecule has 1 aliphatic heterocycles. The molecule has 0 radical (unpaired) electrons. The number of anilines is 1. The molecule has 1 fully saturated rings. The standard InChI is InChI=1S/C21H18F3N5O/c1-2-17(30)29-10-7-15(12-29)28-20-19-18(25-8-9-26-19)16(11-27-20)13-3-5-14(6-4-13)21(22,23)24/h2-6,8-9,11,15H,1,7,10,12H2,(H,27,28). The molecule has 0 spiro atoms. The first-order chi connectivity index (χ1) is 14.4. The first kappa shape index (κ1) is 19.8. The number of carbonyl (C=O) groups excluding carboxylic acids is 1. The molecule has 154 valence electrons. The second-order valence-corrected chi connectivity index (χ2v) is 6.97. The first-order valence-corrected chi connectivity index (χ1v) is 9.32. The zero-order chi connectivity index (χ0) is 21.3. The average molecular weight is 413 g/mol. The number of nitrogens with one attached hydrogen (secondary N) is 1. The zero-order valence-corrected chi connectivity index (χ0v) is 15.9. The van der Waals surface area contributed by atoms with Gasteiger partial charge in [-0.15, -0.1) is 0 Å². The van der Waals surface area contributed by atoms with E-state index in [2.05, 4.69) is 26.8 Å². The largest absolute Gasteiger partial charge is 0.416 e. The van der Waals surface area contributed by atoms with Gasteiger partial charge in [-0.25, -0.2) is 9.97 Å². The van der Waals surface area contributed by atoms with E-state index in [1.54, 1.807) is 11.1 Å². The van der Waals surface area contributed by atoms with Crippen LogP contribution < -0.4 is 5.32 Å². The SMILES string of the molecule is C=CC(=O)N1CCC(Nc2ncc(-c3ccc(C(F)(F)F)cc3)c3nccnc23)C1. The molecule has 0 aliphatic carbocycles. The fourth-order valence-corrected chi connectivity index (χ4v) is 3.52. The van der Waals surface area contributed by atoms with Crippen LogP contribution in [0.15, 0.2) is 55.5 Å². The Labute approximate surface area is 170 Å². The molecule has 1 aromatic carbocycles. The minimum absolute atomic E-state index is 0.00326. The quantitative estimate of drug-likeness (QED) is 0.657. The Morgan fingerprint density at radius 1 is 1.13 bits per heavy atom. The molecule has 30 heavy (non-hydrogen) atoms. The van der Waals surface area contributed by atoms with Crippen molar-refractivity contribution in [1.82, 2.24) is 19.9 Å². The predicted octanol–water partition coefficient (Wildman–Crippen LogP) is 3.91. The van der Waals surface area contributed by atoms with Gasteiger partial charge in [-0.05, 0) is 30.2 Å². The number of likely N-dealkylation sites (tertiary alicyclic amines) is 1. The van der Waals surface area contributed by atoms with Crippen LogP contribution in [0.2, 0.25) is 0 Å². The Kier molecular flexibility index (Phi) is 5.11. The maximum atomic E-state index is 12.8. The fraction of sp³-hybridized carbons (Fsp3) is 0.238. The van der Waals surface area contributed by atoms with Gasteiger partial charge < -0.3 is 10.2 Å². The summed E-state index contributed by atoms with van der Waals surface area (Å²) in [5.74, 6) is 0.404. The van der Waals surface area contributed by atoms with Gasteiger partial charge >= 0.3 is 6.18 Å². The molecule has 1 amide bonds. The van der Waals surface area contributed by atoms with Gasteiger partial charge in [-0.3, -0.25) is 9.78 Å². The van der Waals surface area contributed by atoms with Crippen LogP contribution in [0.4, 0.5) is 19.0 Å². The highest BCUT2D eigenvalue weighted by molar-refractivity contribution is 5.96. The number of nitrogens with zero attached hydrogens (tertiary/aromatic N) is 4. The number of amides is 1. The van der Waals surface area contributed by atoms with Crippen molar-refractivity contribution in [3.8, 4) is 11.1 Å². The van der Waals surface area contributed by atoms with Crippen LogP contribution in [0.25, 0.3) is 22.2 Å². The van der Waals surface area contributed by atoms with E-state index in [4.69, 9.17) is 0 Å². The van der Waals surface area contributed by atoms with Gasteiger partial charge in [0.15, 0.2) is 5.82 Å². The van der Waals surface area contributed by atoms with E-state index in [0.717, 1.165) is 18.6 Å². The van der Waals surface area contributed by atoms with E-state index >= 15 is 0 Å². The van der Waals surface area contributed by atoms with E-state index in [9.17, 15) is 18.0 Å². The Hall–Kier alpha value is -3.49. The van der Waals surface area contributed by atoms with Gasteiger partial charge in [0.25, 0.3) is 0 Å². The number of rotatable bonds is 4. The highest BCUT2D eigenvalue weighted by atomic mass is 19.4. The monoisotopic (exact) mass is 413 g/mol. The molecular formula is C21H18F3N5O. The summed E-state index contributed by atoms with van der Waals surface area (Å²) in [6.45, 7) is 4.65. The molecule has 1 saturated heterocycles. The number of hydrogen-bond donors (Lipinski definition) is 1. The molecule has 0 saturated carbocycles. The fourth-order valence-electron chi connectivity index (χ4n) is 3.52. The van der Waals surface area contributed by atoms with Crippen LogP contribution in [0.1, 0.15) is 12.0 Å². The minimum atomic E-state index is -4.39. The van der Waals surface area contributed by atoms with Crippen molar-refractivity contribution in [2.45, 2.75) is 18.6 Å². The van der Waals surface area contributed by atoms with Crippen LogP contribution in [0.3, 0.4) is 0 Å². The maximum absolute atomic E-state index is 12.8. The van der Waals surface area contributed by atoms with Gasteiger partial charge in [-0.1, -0.05) is 18.7 Å². The summed E-state index contributed by atoms with van der Waals surface area (Å²) in [5, 5.41) is 3.31. The van der Waals surface area contributed by atoms with Gasteiger partial charge in [-0.2, -0.15) is 13.2 Å². The highest BCUT2D eigenvalue weighted by Gasteiger charge is 2.30. The Bertz CT molecular complexity index is 1100. The lowest BCUT2D eigenvalue weighted by molar-refractivity contribution is -0.137. The number of aromatic nitrogens is 3. The molecule has 2 aromatic heterocycles. The average Bonchev–Trinajstić information content (AvgIpc) is 3.21. The van der Waals surface area contributed by atoms with E-state index < -0.39 is 11.7 Å². The zero-order valence-electron chi connectivity index (χ0n) is 15.9. The van der Waals surface area contributed by atoms with Crippen LogP contribution >= 0.6 is 0 Å². The number of hydrogen-bond acceptors (Lipinski definition) is 5. The summed E-state index contributed by atoms with van der Waals surface area (Å²) in [6, 6.07) is 4.87. The summed E-state index contributed by atoms with van der Waals surface area (Å²) in [6.07, 6.45) is 2.29. The summed E-state index contributed by atoms with van der Waals surface area (Å²) in [4.78, 5) is 26.7. The Balaban J connectivity index is 1.64. The third-order valence-corrected chi connectivity index (χ3v) is 5.04. The van der Waals surface area contributed by atoms with E-state index in [0.29, 0.717) is 41.1 Å². The first-order valence-electron chi connectivity index (χ1n) is 9.32. The van der Waals surface area contributed by atoms with Gasteiger partial charge in [0.05, 0.1) is 5.56 Å². The van der Waals surface area contributed by atoms with Crippen molar-refractivity contribution in [2.75, 3.05) is 18.4 Å². The van der Waals surface area contributed by atoms with E-state index in [1.165, 1.54) is 30.6 Å². The second-order valence-electron chi connectivity index (χ2n) is 6.97. The number of fused-ring (bicyclic) bond motifs is 1. The number of alkyl halides is 3. The molecule has 1 atom stereocenters. The molecule has 4 rings (SSSR count). The third-order valence-electron chi connectivity index (χ3n) is 5.04. The topological polar surface area (TPSA) is 71.0 Å². The molecule has 0 bridgehead atoms. The van der Waals surface area contributed by atoms with Crippen LogP contribution in [-0.2, 0) is 11.0 Å². The summed E-state index contributed by atoms with van der Waals surface area (Å²) in [5.41, 5.74) is 1.49. The van der Waals surface area contributed by atoms with E-state index in [-0.39, 0.29) is 11.9 Å². The number of pyridine rings is 1. The third kappa shape index (κ3) is 3.83. The van der Waals surface area contributed by atoms with Gasteiger partial charge in [0.2, 0.25) is 5.91 Å². The minimum Gasteiger partial charge on any atom is -0.364 e. The molecule has 1 unspecified atom stereocenters. The molecular weight excluding hydrogens is 395 g/mol. The molecule has 9 heteroatoms. The van der Waals surface area contributed by atoms with Crippen LogP contribution in [0.5, 0.6) is 0 Å². The molecule has 1 aliphatic rings. The lowest BCUT2D eigenvalue weighted by Crippen LogP contribution is -2.30. The summed E-state index contributed by atoms with van der Waals surface area (Å²) in [7, 11) is 0. The number of halogens is 3. The van der Waals surface area contributed by atoms with Crippen molar-refractivity contribution < 1.29 is 18.0 Å². The van der Waals surface area contributed by atoms with E-state index in [1.807, 2.05) is 0 Å². The highest BCUT2D eigenvalue weighted by Crippen LogP contribution is 2.33. The normalized spacial score (nSPS) is 16.6. The Morgan fingerprint density at radius 2 is 1.83 bits per heavy atom. The van der Waals surface area contributed by atoms with Gasteiger partial charge in [0.1, 0.15) is 11.0 Å². The van der Waals surface area contributed by atoms with Crippen molar-refractivity contribution in [3.63, 3.8) is 0 Å². The number of carbonyl (C=O) groups is 1. The second kappa shape index (κ2) is 7.74. The molecule has 6 nitrogen and oxygen atoms in total. The summed E-state index contributed by atoms with van der Waals surface area (Å²) < 4.78 is 38.5. The lowest BCUT2D eigenvalue weighted by Gasteiger charge is -2.17. The molecule has 1 N–H and O–H groups in total. The molecule has 3 aromatic rings. The Morgan fingerprint density at radius 3 is 2.50 bits per heavy atom. The van der Waals surface area contributed by atoms with Crippen molar-refractivity contribution >= 4 is 22.8 Å². The lowest BCUT2D eigenvalue weighted by atomic mass is 10.0. The van der Waals surface area contributed by atoms with Crippen molar-refractivity contribution in [3.05, 3.63) is 61.1 Å². The predicted molar refractivity (Wildman–Crippen MR) is 107 cm³/mol. The van der Waals surface area contributed by atoms with Crippen LogP contribution in [-0.4, -0.2) is 44.9 Å². The van der Waals surface area contributed by atoms with Crippen molar-refractivity contribution in [2.24, 2.45) is 0 Å². The maximum Gasteiger partial charge on any atom is 0.416 e. The van der Waals surface area contributed by atoms with Gasteiger partial charge in [0, 0.05) is 43.3 Å². The van der Waals surface area contributed by atoms with Crippen molar-refractivity contribution in [1.29, 1.82) is 0 Å². The smallest absolute Gasteiger partial charge is 0.364 e. The summed E-state index contributed by atoms with van der Waals surface area (Å²) >= 11 is 0. The molecule has 3 heterocycles.